The maximum Gasteiger partial charge on any atom is 0.260 e. The third-order valence-corrected chi connectivity index (χ3v) is 6.59. The van der Waals surface area contributed by atoms with E-state index in [1.165, 1.54) is 15.7 Å². The lowest BCUT2D eigenvalue weighted by molar-refractivity contribution is 0.577. The molecule has 3 aromatic rings. The second-order valence-electron chi connectivity index (χ2n) is 4.31. The molecular formula is C12H12ClN3O2S3. The Bertz CT molecular complexity index is 879. The van der Waals surface area contributed by atoms with Gasteiger partial charge in [0.15, 0.2) is 15.1 Å². The van der Waals surface area contributed by atoms with Crippen LogP contribution in [-0.4, -0.2) is 17.8 Å². The zero-order valence-corrected chi connectivity index (χ0v) is 14.2. The van der Waals surface area contributed by atoms with Gasteiger partial charge in [0.05, 0.1) is 0 Å². The van der Waals surface area contributed by atoms with E-state index >= 15 is 0 Å². The molecule has 21 heavy (non-hydrogen) atoms. The van der Waals surface area contributed by atoms with Gasteiger partial charge in [0.25, 0.3) is 10.0 Å². The quantitative estimate of drug-likeness (QED) is 0.759. The van der Waals surface area contributed by atoms with Gasteiger partial charge in [0, 0.05) is 23.0 Å². The molecule has 9 heteroatoms. The number of thiazole rings is 1. The summed E-state index contributed by atoms with van der Waals surface area (Å²) in [5, 5.41) is 3.73. The predicted molar refractivity (Wildman–Crippen MR) is 85.8 cm³/mol. The Hall–Kier alpha value is -0.930. The molecule has 1 N–H and O–H groups in total. The lowest BCUT2D eigenvalue weighted by atomic mass is 10.2. The first-order valence-corrected chi connectivity index (χ1v) is 9.81. The molecular weight excluding hydrogens is 350 g/mol. The molecule has 3 heterocycles. The average Bonchev–Trinajstić information content (AvgIpc) is 3.10. The summed E-state index contributed by atoms with van der Waals surface area (Å²) in [5.74, 6) is 0. The Morgan fingerprint density at radius 3 is 2.95 bits per heavy atom. The van der Waals surface area contributed by atoms with Gasteiger partial charge in [-0.1, -0.05) is 18.5 Å². The zero-order valence-electron chi connectivity index (χ0n) is 11.0. The molecule has 0 bridgehead atoms. The molecule has 0 aromatic carbocycles. The number of halogens is 1. The molecule has 3 aromatic heterocycles. The zero-order chi connectivity index (χ0) is 15.0. The van der Waals surface area contributed by atoms with E-state index in [2.05, 4.69) is 9.71 Å². The lowest BCUT2D eigenvalue weighted by Gasteiger charge is -2.06. The van der Waals surface area contributed by atoms with Crippen molar-refractivity contribution < 1.29 is 8.42 Å². The van der Waals surface area contributed by atoms with Crippen LogP contribution in [0.5, 0.6) is 0 Å². The largest absolute Gasteiger partial charge is 0.279 e. The monoisotopic (exact) mass is 361 g/mol. The molecule has 0 aliphatic heterocycles. The Kier molecular flexibility index (Phi) is 4.06. The van der Waals surface area contributed by atoms with Crippen LogP contribution in [0.4, 0.5) is 0 Å². The van der Waals surface area contributed by atoms with Crippen LogP contribution in [0, 0.1) is 0 Å². The number of sulfonamides is 1. The van der Waals surface area contributed by atoms with E-state index in [-0.39, 0.29) is 16.7 Å². The van der Waals surface area contributed by atoms with Crippen molar-refractivity contribution in [2.24, 2.45) is 0 Å². The Morgan fingerprint density at radius 1 is 1.38 bits per heavy atom. The van der Waals surface area contributed by atoms with Crippen molar-refractivity contribution in [3.63, 3.8) is 0 Å². The van der Waals surface area contributed by atoms with Gasteiger partial charge < -0.3 is 0 Å². The first-order valence-electron chi connectivity index (χ1n) is 6.19. The third-order valence-electron chi connectivity index (χ3n) is 3.07. The van der Waals surface area contributed by atoms with Crippen LogP contribution in [0.2, 0.25) is 5.15 Å². The van der Waals surface area contributed by atoms with E-state index in [0.29, 0.717) is 4.96 Å². The Morgan fingerprint density at radius 2 is 2.19 bits per heavy atom. The topological polar surface area (TPSA) is 63.5 Å². The molecule has 5 nitrogen and oxygen atoms in total. The van der Waals surface area contributed by atoms with Crippen molar-refractivity contribution in [1.82, 2.24) is 14.1 Å². The number of aryl methyl sites for hydroxylation is 1. The minimum absolute atomic E-state index is 0.00348. The van der Waals surface area contributed by atoms with Crippen molar-refractivity contribution in [2.75, 3.05) is 0 Å². The molecule has 0 atom stereocenters. The normalized spacial score (nSPS) is 12.3. The molecule has 0 aliphatic rings. The Balaban J connectivity index is 1.90. The van der Waals surface area contributed by atoms with Crippen molar-refractivity contribution in [2.45, 2.75) is 24.9 Å². The van der Waals surface area contributed by atoms with Gasteiger partial charge in [-0.05, 0) is 23.4 Å². The van der Waals surface area contributed by atoms with Crippen LogP contribution >= 0.6 is 34.3 Å². The molecule has 0 spiro atoms. The number of imidazole rings is 1. The minimum atomic E-state index is -3.71. The van der Waals surface area contributed by atoms with Crippen molar-refractivity contribution in [1.29, 1.82) is 0 Å². The fourth-order valence-corrected chi connectivity index (χ4v) is 5.49. The number of nitrogens with zero attached hydrogens (tertiary/aromatic N) is 2. The second-order valence-corrected chi connectivity index (χ2v) is 8.22. The van der Waals surface area contributed by atoms with Gasteiger partial charge in [-0.2, -0.15) is 0 Å². The van der Waals surface area contributed by atoms with E-state index in [9.17, 15) is 8.42 Å². The highest BCUT2D eigenvalue weighted by Crippen LogP contribution is 2.26. The maximum atomic E-state index is 12.5. The number of nitrogens with one attached hydrogen (secondary N) is 1. The summed E-state index contributed by atoms with van der Waals surface area (Å²) in [6, 6.07) is 2.01. The molecule has 3 rings (SSSR count). The fraction of sp³-hybridized carbons (Fsp3) is 0.250. The SMILES string of the molecule is CCc1ccsc1CNS(=O)(=O)c1c(Cl)nc2sccn12. The first kappa shape index (κ1) is 15.0. The van der Waals surface area contributed by atoms with Gasteiger partial charge in [-0.15, -0.1) is 22.7 Å². The van der Waals surface area contributed by atoms with Gasteiger partial charge >= 0.3 is 0 Å². The van der Waals surface area contributed by atoms with Crippen LogP contribution < -0.4 is 4.72 Å². The molecule has 0 saturated heterocycles. The van der Waals surface area contributed by atoms with Gasteiger partial charge in [-0.3, -0.25) is 4.40 Å². The summed E-state index contributed by atoms with van der Waals surface area (Å²) in [7, 11) is -3.71. The summed E-state index contributed by atoms with van der Waals surface area (Å²) in [6.45, 7) is 2.31. The van der Waals surface area contributed by atoms with Crippen molar-refractivity contribution >= 4 is 49.3 Å². The summed E-state index contributed by atoms with van der Waals surface area (Å²) in [5.41, 5.74) is 1.16. The highest BCUT2D eigenvalue weighted by Gasteiger charge is 2.25. The second kappa shape index (κ2) is 5.69. The van der Waals surface area contributed by atoms with Crippen LogP contribution in [0.3, 0.4) is 0 Å². The van der Waals surface area contributed by atoms with E-state index in [1.807, 2.05) is 18.4 Å². The number of rotatable bonds is 5. The fourth-order valence-electron chi connectivity index (χ4n) is 2.05. The molecule has 0 unspecified atom stereocenters. The Labute approximate surface area is 135 Å². The minimum Gasteiger partial charge on any atom is -0.279 e. The number of thiophene rings is 1. The van der Waals surface area contributed by atoms with Crippen LogP contribution in [-0.2, 0) is 23.0 Å². The van der Waals surface area contributed by atoms with E-state index in [4.69, 9.17) is 11.6 Å². The summed E-state index contributed by atoms with van der Waals surface area (Å²) in [6.07, 6.45) is 2.53. The molecule has 0 amide bonds. The predicted octanol–water partition coefficient (Wildman–Crippen LogP) is 3.15. The first-order chi connectivity index (χ1) is 10.0. The van der Waals surface area contributed by atoms with Crippen LogP contribution in [0.1, 0.15) is 17.4 Å². The van der Waals surface area contributed by atoms with Gasteiger partial charge in [0.1, 0.15) is 0 Å². The summed E-state index contributed by atoms with van der Waals surface area (Å²) >= 11 is 8.85. The van der Waals surface area contributed by atoms with E-state index < -0.39 is 10.0 Å². The van der Waals surface area contributed by atoms with E-state index in [1.54, 1.807) is 22.9 Å². The molecule has 0 saturated carbocycles. The van der Waals surface area contributed by atoms with Gasteiger partial charge in [-0.25, -0.2) is 18.1 Å². The average molecular weight is 362 g/mol. The standard InChI is InChI=1S/C12H12ClN3O2S3/c1-2-8-3-5-19-9(8)7-14-21(17,18)11-10(13)15-12-16(11)4-6-20-12/h3-6,14H,2,7H2,1H3. The van der Waals surface area contributed by atoms with E-state index in [0.717, 1.165) is 16.9 Å². The number of hydrogen-bond donors (Lipinski definition) is 1. The smallest absolute Gasteiger partial charge is 0.260 e. The molecule has 112 valence electrons. The highest BCUT2D eigenvalue weighted by molar-refractivity contribution is 7.89. The lowest BCUT2D eigenvalue weighted by Crippen LogP contribution is -2.24. The van der Waals surface area contributed by atoms with Crippen molar-refractivity contribution in [3.8, 4) is 0 Å². The third kappa shape index (κ3) is 2.74. The summed E-state index contributed by atoms with van der Waals surface area (Å²) < 4.78 is 29.0. The number of aromatic nitrogens is 2. The molecule has 0 radical (unpaired) electrons. The van der Waals surface area contributed by atoms with Crippen LogP contribution in [0.25, 0.3) is 4.96 Å². The molecule has 0 aliphatic carbocycles. The number of hydrogen-bond acceptors (Lipinski definition) is 5. The van der Waals surface area contributed by atoms with Crippen LogP contribution in [0.15, 0.2) is 28.0 Å². The maximum absolute atomic E-state index is 12.5. The molecule has 0 fully saturated rings. The van der Waals surface area contributed by atoms with Gasteiger partial charge in [0.2, 0.25) is 0 Å². The number of fused-ring (bicyclic) bond motifs is 1. The summed E-state index contributed by atoms with van der Waals surface area (Å²) in [4.78, 5) is 5.63. The van der Waals surface area contributed by atoms with Crippen molar-refractivity contribution in [3.05, 3.63) is 38.6 Å². The highest BCUT2D eigenvalue weighted by atomic mass is 35.5.